The van der Waals surface area contributed by atoms with E-state index in [1.54, 1.807) is 58.5 Å². The number of hydrogen-bond donors (Lipinski definition) is 5. The lowest BCUT2D eigenvalue weighted by atomic mass is 9.57. The second-order valence-corrected chi connectivity index (χ2v) is 11.2. The van der Waals surface area contributed by atoms with E-state index in [1.165, 1.54) is 4.90 Å². The van der Waals surface area contributed by atoms with Gasteiger partial charge in [0.2, 0.25) is 5.78 Å². The largest absolute Gasteiger partial charge is 0.508 e. The van der Waals surface area contributed by atoms with Gasteiger partial charge in [-0.25, -0.2) is 0 Å². The predicted octanol–water partition coefficient (Wildman–Crippen LogP) is 1.57. The van der Waals surface area contributed by atoms with Gasteiger partial charge in [0.15, 0.2) is 11.4 Å². The second-order valence-electron chi connectivity index (χ2n) is 11.2. The molecule has 11 nitrogen and oxygen atoms in total. The van der Waals surface area contributed by atoms with Crippen LogP contribution in [0.25, 0.3) is 16.9 Å². The highest BCUT2D eigenvalue weighted by atomic mass is 16.3. The molecule has 1 fully saturated rings. The van der Waals surface area contributed by atoms with Gasteiger partial charge in [-0.15, -0.1) is 0 Å². The van der Waals surface area contributed by atoms with Crippen molar-refractivity contribution in [2.45, 2.75) is 24.5 Å². The fraction of sp³-hybridized carbons (Fsp3) is 0.333. The van der Waals surface area contributed by atoms with E-state index in [1.807, 2.05) is 11.0 Å². The summed E-state index contributed by atoms with van der Waals surface area (Å²) in [5.41, 5.74) is 4.18. The van der Waals surface area contributed by atoms with E-state index in [4.69, 9.17) is 11.0 Å². The zero-order chi connectivity index (χ0) is 30.1. The first-order valence-electron chi connectivity index (χ1n) is 13.0. The molecule has 41 heavy (non-hydrogen) atoms. The molecule has 2 aromatic carbocycles. The van der Waals surface area contributed by atoms with Crippen LogP contribution in [-0.4, -0.2) is 82.6 Å². The first kappa shape index (κ1) is 27.9. The number of aromatic hydroxyl groups is 1. The summed E-state index contributed by atoms with van der Waals surface area (Å²) in [6, 6.07) is 9.15. The summed E-state index contributed by atoms with van der Waals surface area (Å²) in [5.74, 6) is -6.94. The summed E-state index contributed by atoms with van der Waals surface area (Å²) in [4.78, 5) is 42.8. The quantitative estimate of drug-likeness (QED) is 0.345. The highest BCUT2D eigenvalue weighted by Crippen LogP contribution is 2.54. The topological polar surface area (TPSA) is 188 Å². The van der Waals surface area contributed by atoms with Gasteiger partial charge in [-0.05, 0) is 62.2 Å². The van der Waals surface area contributed by atoms with Crippen molar-refractivity contribution in [3.05, 3.63) is 63.9 Å². The Balaban J connectivity index is 1.76. The number of carbonyl (C=O) groups excluding carboxylic acids is 3. The molecule has 11 heteroatoms. The number of ketones is 2. The van der Waals surface area contributed by atoms with E-state index in [2.05, 4.69) is 0 Å². The third kappa shape index (κ3) is 3.83. The number of nitrogens with zero attached hydrogens (tertiary/aromatic N) is 3. The number of amides is 1. The molecule has 3 aliphatic rings. The zero-order valence-electron chi connectivity index (χ0n) is 23.0. The van der Waals surface area contributed by atoms with Crippen molar-refractivity contribution >= 4 is 28.9 Å². The Hall–Kier alpha value is -4.66. The Morgan fingerprint density at radius 3 is 2.27 bits per heavy atom. The lowest BCUT2D eigenvalue weighted by Crippen LogP contribution is -2.65. The molecule has 212 valence electrons. The third-order valence-corrected chi connectivity index (χ3v) is 8.50. The summed E-state index contributed by atoms with van der Waals surface area (Å²) in [6.07, 6.45) is 0.194. The maximum atomic E-state index is 14.1. The monoisotopic (exact) mass is 558 g/mol. The highest BCUT2D eigenvalue weighted by molar-refractivity contribution is 6.24. The van der Waals surface area contributed by atoms with Crippen LogP contribution < -0.4 is 10.6 Å². The van der Waals surface area contributed by atoms with Gasteiger partial charge in [-0.3, -0.25) is 19.3 Å². The molecule has 0 heterocycles. The molecule has 0 aliphatic heterocycles. The van der Waals surface area contributed by atoms with Crippen molar-refractivity contribution in [2.75, 3.05) is 33.1 Å². The number of aliphatic hydroxyl groups excluding tert-OH is 2. The van der Waals surface area contributed by atoms with Crippen LogP contribution in [0.15, 0.2) is 47.2 Å². The minimum absolute atomic E-state index is 0.00634. The molecule has 0 spiro atoms. The molecule has 4 atom stereocenters. The van der Waals surface area contributed by atoms with Crippen molar-refractivity contribution in [3.8, 4) is 22.9 Å². The van der Waals surface area contributed by atoms with Gasteiger partial charge in [0.1, 0.15) is 22.8 Å². The molecule has 0 bridgehead atoms. The second kappa shape index (κ2) is 9.47. The van der Waals surface area contributed by atoms with E-state index in [0.29, 0.717) is 27.9 Å². The summed E-state index contributed by atoms with van der Waals surface area (Å²) in [5, 5.41) is 55.0. The molecule has 0 radical (unpaired) electrons. The molecular weight excluding hydrogens is 528 g/mol. The van der Waals surface area contributed by atoms with E-state index in [9.17, 15) is 34.8 Å². The number of anilines is 1. The standard InChI is InChI=1S/C30H30N4O7/c1-33(2)19-11-16(14-7-5-13(12-31)6-8-14)24(35)21-17(19)9-15-10-18-23(34(3)4)26(37)22(29(32)40)28(39)30(18,41)27(38)20(15)25(21)36/h5-8,11,15,18,23,35-36,39,41H,9-10H2,1-4H3,(H2,32,40). The van der Waals surface area contributed by atoms with Crippen LogP contribution in [0.3, 0.4) is 0 Å². The number of nitriles is 1. The maximum Gasteiger partial charge on any atom is 0.255 e. The number of phenolic OH excluding ortho intramolecular Hbond substituents is 1. The van der Waals surface area contributed by atoms with Crippen LogP contribution in [0.5, 0.6) is 5.75 Å². The Bertz CT molecular complexity index is 1630. The minimum Gasteiger partial charge on any atom is -0.508 e. The van der Waals surface area contributed by atoms with Crippen LogP contribution in [0.1, 0.15) is 23.1 Å². The van der Waals surface area contributed by atoms with E-state index in [-0.39, 0.29) is 29.7 Å². The minimum atomic E-state index is -2.70. The highest BCUT2D eigenvalue weighted by Gasteiger charge is 2.64. The van der Waals surface area contributed by atoms with Crippen molar-refractivity contribution < 1.29 is 34.8 Å². The molecule has 0 aromatic heterocycles. The number of hydrogen-bond acceptors (Lipinski definition) is 10. The molecule has 1 amide bonds. The molecule has 1 saturated carbocycles. The molecule has 2 aromatic rings. The number of benzene rings is 2. The molecule has 6 N–H and O–H groups in total. The average molecular weight is 559 g/mol. The van der Waals surface area contributed by atoms with Crippen LogP contribution in [0.2, 0.25) is 0 Å². The predicted molar refractivity (Wildman–Crippen MR) is 149 cm³/mol. The van der Waals surface area contributed by atoms with Gasteiger partial charge < -0.3 is 31.1 Å². The number of phenols is 1. The van der Waals surface area contributed by atoms with Crippen LogP contribution in [-0.2, 0) is 20.8 Å². The summed E-state index contributed by atoms with van der Waals surface area (Å²) in [7, 11) is 6.71. The van der Waals surface area contributed by atoms with Crippen LogP contribution in [0.4, 0.5) is 5.69 Å². The van der Waals surface area contributed by atoms with Gasteiger partial charge in [-0.2, -0.15) is 5.26 Å². The van der Waals surface area contributed by atoms with Crippen molar-refractivity contribution in [2.24, 2.45) is 17.6 Å². The Labute approximate surface area is 236 Å². The number of likely N-dealkylation sites (N-methyl/N-ethyl adjacent to an activating group) is 1. The SMILES string of the molecule is CN(C)c1cc(-c2ccc(C#N)cc2)c(O)c2c1CC1CC3C(N(C)C)C(=O)C(C(N)=O)=C(O)C3(O)C(=O)C1=C2O. The Morgan fingerprint density at radius 2 is 1.73 bits per heavy atom. The number of nitrogens with two attached hydrogens (primary N) is 1. The normalized spacial score (nSPS) is 25.4. The van der Waals surface area contributed by atoms with E-state index < -0.39 is 58.0 Å². The molecule has 0 saturated heterocycles. The molecule has 3 aliphatic carbocycles. The van der Waals surface area contributed by atoms with Crippen molar-refractivity contribution in [1.29, 1.82) is 5.26 Å². The molecular formula is C30H30N4O7. The molecule has 4 unspecified atom stereocenters. The number of aliphatic hydroxyl groups is 3. The van der Waals surface area contributed by atoms with Crippen molar-refractivity contribution in [1.82, 2.24) is 4.90 Å². The third-order valence-electron chi connectivity index (χ3n) is 8.50. The fourth-order valence-corrected chi connectivity index (χ4v) is 6.64. The van der Waals surface area contributed by atoms with Crippen LogP contribution in [0, 0.1) is 23.2 Å². The number of rotatable bonds is 4. The molecule has 5 rings (SSSR count). The fourth-order valence-electron chi connectivity index (χ4n) is 6.64. The van der Waals surface area contributed by atoms with Gasteiger partial charge in [-0.1, -0.05) is 12.1 Å². The van der Waals surface area contributed by atoms with Gasteiger partial charge in [0.25, 0.3) is 5.91 Å². The number of primary amides is 1. The van der Waals surface area contributed by atoms with Gasteiger partial charge >= 0.3 is 0 Å². The Kier molecular flexibility index (Phi) is 6.44. The average Bonchev–Trinajstić information content (AvgIpc) is 2.90. The summed E-state index contributed by atoms with van der Waals surface area (Å²) < 4.78 is 0. The first-order valence-corrected chi connectivity index (χ1v) is 13.0. The Morgan fingerprint density at radius 1 is 1.10 bits per heavy atom. The van der Waals surface area contributed by atoms with Gasteiger partial charge in [0.05, 0.1) is 23.2 Å². The zero-order valence-corrected chi connectivity index (χ0v) is 23.0. The summed E-state index contributed by atoms with van der Waals surface area (Å²) in [6.45, 7) is 0. The lowest BCUT2D eigenvalue weighted by molar-refractivity contribution is -0.153. The van der Waals surface area contributed by atoms with Crippen molar-refractivity contribution in [3.63, 3.8) is 0 Å². The van der Waals surface area contributed by atoms with E-state index in [0.717, 1.165) is 0 Å². The van der Waals surface area contributed by atoms with E-state index >= 15 is 0 Å². The number of fused-ring (bicyclic) bond motifs is 3. The first-order chi connectivity index (χ1) is 19.2. The number of Topliss-reactive ketones (excluding diaryl/α,β-unsaturated/α-hetero) is 2. The number of carbonyl (C=O) groups is 3. The van der Waals surface area contributed by atoms with Gasteiger partial charge in [0, 0.05) is 36.8 Å². The smallest absolute Gasteiger partial charge is 0.255 e. The summed E-state index contributed by atoms with van der Waals surface area (Å²) >= 11 is 0. The van der Waals surface area contributed by atoms with Crippen LogP contribution >= 0.6 is 0 Å². The lowest BCUT2D eigenvalue weighted by Gasteiger charge is -2.50. The maximum absolute atomic E-state index is 14.1.